The van der Waals surface area contributed by atoms with Crippen molar-refractivity contribution in [1.82, 2.24) is 14.8 Å². The molecule has 1 amide bonds. The predicted octanol–water partition coefficient (Wildman–Crippen LogP) is 3.61. The van der Waals surface area contributed by atoms with Crippen LogP contribution < -0.4 is 0 Å². The molecule has 140 valence electrons. The van der Waals surface area contributed by atoms with E-state index in [0.29, 0.717) is 12.5 Å². The summed E-state index contributed by atoms with van der Waals surface area (Å²) in [6.07, 6.45) is 7.67. The van der Waals surface area contributed by atoms with E-state index in [0.717, 1.165) is 31.5 Å². The lowest BCUT2D eigenvalue weighted by Gasteiger charge is -2.45. The molecule has 2 atom stereocenters. The van der Waals surface area contributed by atoms with E-state index < -0.39 is 0 Å². The SMILES string of the molecule is O=C(OC1CC2CCN1CC2)N1CCc2ccccc2C1c1ccncc1. The van der Waals surface area contributed by atoms with Crippen LogP contribution in [-0.2, 0) is 11.2 Å². The maximum absolute atomic E-state index is 13.2. The van der Waals surface area contributed by atoms with E-state index in [-0.39, 0.29) is 18.4 Å². The van der Waals surface area contributed by atoms with Crippen LogP contribution in [0.2, 0.25) is 0 Å². The largest absolute Gasteiger partial charge is 0.430 e. The van der Waals surface area contributed by atoms with Gasteiger partial charge in [-0.15, -0.1) is 0 Å². The minimum Gasteiger partial charge on any atom is -0.430 e. The van der Waals surface area contributed by atoms with Crippen molar-refractivity contribution in [3.05, 3.63) is 65.5 Å². The Balaban J connectivity index is 1.43. The molecule has 0 N–H and O–H groups in total. The molecule has 5 nitrogen and oxygen atoms in total. The first-order valence-electron chi connectivity index (χ1n) is 9.98. The van der Waals surface area contributed by atoms with Crippen LogP contribution in [0.4, 0.5) is 4.79 Å². The van der Waals surface area contributed by atoms with Gasteiger partial charge in [0.2, 0.25) is 0 Å². The molecule has 2 bridgehead atoms. The van der Waals surface area contributed by atoms with Gasteiger partial charge >= 0.3 is 6.09 Å². The van der Waals surface area contributed by atoms with Crippen molar-refractivity contribution in [3.8, 4) is 0 Å². The Morgan fingerprint density at radius 1 is 1.04 bits per heavy atom. The van der Waals surface area contributed by atoms with Crippen molar-refractivity contribution in [3.63, 3.8) is 0 Å². The third-order valence-electron chi connectivity index (χ3n) is 6.37. The van der Waals surface area contributed by atoms with Gasteiger partial charge in [0.05, 0.1) is 6.04 Å². The molecule has 4 aliphatic rings. The highest BCUT2D eigenvalue weighted by atomic mass is 16.6. The van der Waals surface area contributed by atoms with Crippen LogP contribution >= 0.6 is 0 Å². The zero-order valence-electron chi connectivity index (χ0n) is 15.5. The Labute approximate surface area is 159 Å². The van der Waals surface area contributed by atoms with Crippen molar-refractivity contribution in [2.24, 2.45) is 5.92 Å². The maximum atomic E-state index is 13.2. The number of hydrogen-bond donors (Lipinski definition) is 0. The van der Waals surface area contributed by atoms with E-state index in [1.807, 2.05) is 23.1 Å². The first-order chi connectivity index (χ1) is 13.3. The van der Waals surface area contributed by atoms with Crippen LogP contribution in [0.15, 0.2) is 48.8 Å². The lowest BCUT2D eigenvalue weighted by molar-refractivity contribution is -0.0928. The minimum absolute atomic E-state index is 0.0553. The number of rotatable bonds is 2. The maximum Gasteiger partial charge on any atom is 0.412 e. The van der Waals surface area contributed by atoms with Crippen LogP contribution in [0.1, 0.15) is 42.0 Å². The van der Waals surface area contributed by atoms with E-state index in [1.54, 1.807) is 12.4 Å². The molecule has 2 aromatic rings. The number of aromatic nitrogens is 1. The van der Waals surface area contributed by atoms with Crippen LogP contribution in [0.3, 0.4) is 0 Å². The van der Waals surface area contributed by atoms with E-state index in [9.17, 15) is 4.79 Å². The molecule has 0 saturated carbocycles. The predicted molar refractivity (Wildman–Crippen MR) is 102 cm³/mol. The molecule has 1 aromatic heterocycles. The number of amides is 1. The molecule has 5 heteroatoms. The average Bonchev–Trinajstić information content (AvgIpc) is 2.74. The average molecular weight is 363 g/mol. The van der Waals surface area contributed by atoms with Gasteiger partial charge in [-0.2, -0.15) is 0 Å². The summed E-state index contributed by atoms with van der Waals surface area (Å²) < 4.78 is 6.03. The number of piperidine rings is 3. The highest BCUT2D eigenvalue weighted by molar-refractivity contribution is 5.70. The van der Waals surface area contributed by atoms with Gasteiger partial charge in [0.1, 0.15) is 0 Å². The van der Waals surface area contributed by atoms with E-state index in [1.165, 1.54) is 24.0 Å². The van der Waals surface area contributed by atoms with Crippen LogP contribution in [-0.4, -0.2) is 46.7 Å². The number of pyridine rings is 1. The summed E-state index contributed by atoms with van der Waals surface area (Å²) in [6, 6.07) is 12.3. The molecule has 0 radical (unpaired) electrons. The molecule has 2 unspecified atom stereocenters. The Kier molecular flexibility index (Phi) is 4.32. The summed E-state index contributed by atoms with van der Waals surface area (Å²) in [5.41, 5.74) is 3.58. The molecule has 3 fully saturated rings. The van der Waals surface area contributed by atoms with Crippen molar-refractivity contribution < 1.29 is 9.53 Å². The third kappa shape index (κ3) is 3.10. The van der Waals surface area contributed by atoms with Gasteiger partial charge in [-0.25, -0.2) is 4.79 Å². The molecular weight excluding hydrogens is 338 g/mol. The van der Waals surface area contributed by atoms with Gasteiger partial charge in [0, 0.05) is 38.4 Å². The van der Waals surface area contributed by atoms with Crippen molar-refractivity contribution in [2.45, 2.75) is 38.0 Å². The van der Waals surface area contributed by atoms with Crippen LogP contribution in [0, 0.1) is 5.92 Å². The highest BCUT2D eigenvalue weighted by Gasteiger charge is 2.39. The molecule has 3 saturated heterocycles. The summed E-state index contributed by atoms with van der Waals surface area (Å²) in [6.45, 7) is 2.79. The summed E-state index contributed by atoms with van der Waals surface area (Å²) >= 11 is 0. The zero-order valence-corrected chi connectivity index (χ0v) is 15.5. The van der Waals surface area contributed by atoms with Gasteiger partial charge in [-0.1, -0.05) is 24.3 Å². The summed E-state index contributed by atoms with van der Waals surface area (Å²) in [5, 5.41) is 0. The Hall–Kier alpha value is -2.40. The number of benzene rings is 1. The number of hydrogen-bond acceptors (Lipinski definition) is 4. The fourth-order valence-electron chi connectivity index (χ4n) is 4.89. The lowest BCUT2D eigenvalue weighted by atomic mass is 9.87. The molecule has 6 rings (SSSR count). The Morgan fingerprint density at radius 2 is 1.81 bits per heavy atom. The normalized spacial score (nSPS) is 29.3. The Morgan fingerprint density at radius 3 is 2.56 bits per heavy atom. The summed E-state index contributed by atoms with van der Waals surface area (Å²) in [7, 11) is 0. The number of carbonyl (C=O) groups is 1. The van der Waals surface area contributed by atoms with Crippen LogP contribution in [0.25, 0.3) is 0 Å². The summed E-state index contributed by atoms with van der Waals surface area (Å²) in [5.74, 6) is 0.714. The van der Waals surface area contributed by atoms with Gasteiger partial charge in [-0.05, 0) is 54.0 Å². The molecule has 0 spiro atoms. The molecular formula is C22H25N3O2. The molecule has 5 heterocycles. The number of ether oxygens (including phenoxy) is 1. The molecule has 0 aliphatic carbocycles. The van der Waals surface area contributed by atoms with Crippen molar-refractivity contribution in [2.75, 3.05) is 19.6 Å². The first kappa shape index (κ1) is 16.8. The second kappa shape index (κ2) is 6.97. The number of carbonyl (C=O) groups excluding carboxylic acids is 1. The van der Waals surface area contributed by atoms with Crippen molar-refractivity contribution >= 4 is 6.09 Å². The van der Waals surface area contributed by atoms with E-state index in [4.69, 9.17) is 4.74 Å². The molecule has 4 aliphatic heterocycles. The monoisotopic (exact) mass is 363 g/mol. The summed E-state index contributed by atoms with van der Waals surface area (Å²) in [4.78, 5) is 21.6. The van der Waals surface area contributed by atoms with Crippen molar-refractivity contribution in [1.29, 1.82) is 0 Å². The Bertz CT molecular complexity index is 817. The van der Waals surface area contributed by atoms with E-state index in [2.05, 4.69) is 28.1 Å². The number of nitrogens with zero attached hydrogens (tertiary/aromatic N) is 3. The standard InChI is InChI=1S/C22H25N3O2/c26-22(27-20-15-16-7-12-24(20)13-8-16)25-14-9-17-3-1-2-4-19(17)21(25)18-5-10-23-11-6-18/h1-6,10-11,16,20-21H,7-9,12-15H2. The zero-order chi connectivity index (χ0) is 18.2. The molecule has 27 heavy (non-hydrogen) atoms. The molecule has 1 aromatic carbocycles. The first-order valence-corrected chi connectivity index (χ1v) is 9.98. The third-order valence-corrected chi connectivity index (χ3v) is 6.37. The smallest absolute Gasteiger partial charge is 0.412 e. The minimum atomic E-state index is -0.191. The van der Waals surface area contributed by atoms with Gasteiger partial charge in [0.25, 0.3) is 0 Å². The second-order valence-corrected chi connectivity index (χ2v) is 7.88. The lowest BCUT2D eigenvalue weighted by Crippen LogP contribution is -2.52. The second-order valence-electron chi connectivity index (χ2n) is 7.88. The fraction of sp³-hybridized carbons (Fsp3) is 0.455. The topological polar surface area (TPSA) is 45.7 Å². The van der Waals surface area contributed by atoms with Gasteiger partial charge in [0.15, 0.2) is 6.23 Å². The van der Waals surface area contributed by atoms with Crippen LogP contribution in [0.5, 0.6) is 0 Å². The number of fused-ring (bicyclic) bond motifs is 4. The highest BCUT2D eigenvalue weighted by Crippen LogP contribution is 2.37. The quantitative estimate of drug-likeness (QED) is 0.818. The van der Waals surface area contributed by atoms with E-state index >= 15 is 0 Å². The van der Waals surface area contributed by atoms with Gasteiger partial charge < -0.3 is 4.74 Å². The van der Waals surface area contributed by atoms with Gasteiger partial charge in [-0.3, -0.25) is 14.8 Å². The fourth-order valence-corrected chi connectivity index (χ4v) is 4.89.